The summed E-state index contributed by atoms with van der Waals surface area (Å²) in [5.74, 6) is 0. The second kappa shape index (κ2) is 3.98. The number of aliphatic hydroxyl groups excluding tert-OH is 1. The molecule has 2 N–H and O–H groups in total. The van der Waals surface area contributed by atoms with Crippen molar-refractivity contribution >= 4 is 22.2 Å². The molecule has 2 heterocycles. The zero-order valence-corrected chi connectivity index (χ0v) is 10.2. The molecular weight excluding hydrogens is 232 g/mol. The van der Waals surface area contributed by atoms with Gasteiger partial charge in [0.25, 0.3) is 0 Å². The Morgan fingerprint density at radius 1 is 1.35 bits per heavy atom. The molecule has 4 heteroatoms. The number of thiazole rings is 1. The molecule has 3 aromatic rings. The number of aliphatic hydroxyl groups is 1. The summed E-state index contributed by atoms with van der Waals surface area (Å²) < 4.78 is 0. The minimum Gasteiger partial charge on any atom is -0.382 e. The van der Waals surface area contributed by atoms with Gasteiger partial charge >= 0.3 is 0 Å². The highest BCUT2D eigenvalue weighted by Gasteiger charge is 2.16. The number of hydrogen-bond donors (Lipinski definition) is 2. The third kappa shape index (κ3) is 1.75. The van der Waals surface area contributed by atoms with Crippen molar-refractivity contribution < 1.29 is 5.11 Å². The van der Waals surface area contributed by atoms with Gasteiger partial charge in [-0.2, -0.15) is 0 Å². The first-order valence-electron chi connectivity index (χ1n) is 5.42. The molecular formula is C13H12N2OS. The number of benzene rings is 1. The lowest BCUT2D eigenvalue weighted by atomic mass is 10.0. The number of aromatic amines is 1. The highest BCUT2D eigenvalue weighted by atomic mass is 32.1. The normalized spacial score (nSPS) is 13.1. The second-order valence-corrected chi connectivity index (χ2v) is 5.04. The molecule has 3 nitrogen and oxygen atoms in total. The Balaban J connectivity index is 2.12. The SMILES string of the molecule is Cc1nc(C(O)c2cccc3[nH]ccc23)cs1. The Kier molecular flexibility index (Phi) is 2.46. The highest BCUT2D eigenvalue weighted by Crippen LogP contribution is 2.28. The lowest BCUT2D eigenvalue weighted by Crippen LogP contribution is -2.00. The molecule has 3 rings (SSSR count). The molecule has 0 bridgehead atoms. The van der Waals surface area contributed by atoms with Crippen LogP contribution in [0.15, 0.2) is 35.8 Å². The van der Waals surface area contributed by atoms with Crippen LogP contribution in [-0.4, -0.2) is 15.1 Å². The largest absolute Gasteiger partial charge is 0.382 e. The molecule has 0 aliphatic heterocycles. The maximum absolute atomic E-state index is 10.4. The summed E-state index contributed by atoms with van der Waals surface area (Å²) in [6.07, 6.45) is 1.23. The number of nitrogens with zero attached hydrogens (tertiary/aromatic N) is 1. The quantitative estimate of drug-likeness (QED) is 0.728. The Morgan fingerprint density at radius 3 is 3.00 bits per heavy atom. The molecule has 2 aromatic heterocycles. The maximum atomic E-state index is 10.4. The van der Waals surface area contributed by atoms with Gasteiger partial charge in [0.05, 0.1) is 10.7 Å². The van der Waals surface area contributed by atoms with Gasteiger partial charge < -0.3 is 10.1 Å². The van der Waals surface area contributed by atoms with Crippen molar-refractivity contribution in [2.75, 3.05) is 0 Å². The van der Waals surface area contributed by atoms with E-state index in [0.717, 1.165) is 27.2 Å². The smallest absolute Gasteiger partial charge is 0.122 e. The number of nitrogens with one attached hydrogen (secondary N) is 1. The summed E-state index contributed by atoms with van der Waals surface area (Å²) in [5.41, 5.74) is 2.66. The van der Waals surface area contributed by atoms with Crippen LogP contribution in [0, 0.1) is 6.92 Å². The van der Waals surface area contributed by atoms with Crippen molar-refractivity contribution in [3.05, 3.63) is 52.1 Å². The van der Waals surface area contributed by atoms with Crippen LogP contribution in [0.5, 0.6) is 0 Å². The number of rotatable bonds is 2. The lowest BCUT2D eigenvalue weighted by Gasteiger charge is -2.09. The van der Waals surface area contributed by atoms with Gasteiger partial charge in [0, 0.05) is 22.5 Å². The first kappa shape index (κ1) is 10.5. The molecule has 17 heavy (non-hydrogen) atoms. The van der Waals surface area contributed by atoms with Gasteiger partial charge in [-0.25, -0.2) is 4.98 Å². The van der Waals surface area contributed by atoms with Gasteiger partial charge in [-0.15, -0.1) is 11.3 Å². The number of hydrogen-bond acceptors (Lipinski definition) is 3. The minimum atomic E-state index is -0.653. The van der Waals surface area contributed by atoms with E-state index in [9.17, 15) is 5.11 Å². The van der Waals surface area contributed by atoms with Gasteiger partial charge in [0.15, 0.2) is 0 Å². The van der Waals surface area contributed by atoms with Gasteiger partial charge in [0.2, 0.25) is 0 Å². The molecule has 0 saturated carbocycles. The molecule has 86 valence electrons. The summed E-state index contributed by atoms with van der Waals surface area (Å²) in [6, 6.07) is 7.86. The van der Waals surface area contributed by atoms with Crippen LogP contribution >= 0.6 is 11.3 Å². The predicted molar refractivity (Wildman–Crippen MR) is 69.2 cm³/mol. The van der Waals surface area contributed by atoms with Gasteiger partial charge in [0.1, 0.15) is 6.10 Å². The minimum absolute atomic E-state index is 0.653. The fourth-order valence-corrected chi connectivity index (χ4v) is 2.64. The van der Waals surface area contributed by atoms with E-state index in [2.05, 4.69) is 9.97 Å². The topological polar surface area (TPSA) is 48.9 Å². The summed E-state index contributed by atoms with van der Waals surface area (Å²) >= 11 is 1.56. The lowest BCUT2D eigenvalue weighted by molar-refractivity contribution is 0.217. The first-order chi connectivity index (χ1) is 8.25. The van der Waals surface area contributed by atoms with E-state index in [1.807, 2.05) is 42.8 Å². The van der Waals surface area contributed by atoms with Crippen LogP contribution in [0.25, 0.3) is 10.9 Å². The number of H-pyrrole nitrogens is 1. The Bertz CT molecular complexity index is 656. The van der Waals surface area contributed by atoms with E-state index in [4.69, 9.17) is 0 Å². The second-order valence-electron chi connectivity index (χ2n) is 3.98. The van der Waals surface area contributed by atoms with Crippen molar-refractivity contribution in [1.82, 2.24) is 9.97 Å². The molecule has 0 saturated heterocycles. The average molecular weight is 244 g/mol. The van der Waals surface area contributed by atoms with Crippen LogP contribution in [0.4, 0.5) is 0 Å². The Labute approximate surface area is 103 Å². The zero-order chi connectivity index (χ0) is 11.8. The third-order valence-corrected chi connectivity index (χ3v) is 3.63. The van der Waals surface area contributed by atoms with Crippen LogP contribution in [0.2, 0.25) is 0 Å². The molecule has 1 atom stereocenters. The molecule has 0 amide bonds. The monoisotopic (exact) mass is 244 g/mol. The van der Waals surface area contributed by atoms with Crippen molar-refractivity contribution in [1.29, 1.82) is 0 Å². The van der Waals surface area contributed by atoms with Crippen LogP contribution < -0.4 is 0 Å². The Hall–Kier alpha value is -1.65. The number of aromatic nitrogens is 2. The van der Waals surface area contributed by atoms with Gasteiger partial charge in [-0.3, -0.25) is 0 Å². The molecule has 1 unspecified atom stereocenters. The van der Waals surface area contributed by atoms with Gasteiger partial charge in [-0.1, -0.05) is 12.1 Å². The van der Waals surface area contributed by atoms with Crippen LogP contribution in [0.3, 0.4) is 0 Å². The Morgan fingerprint density at radius 2 is 2.24 bits per heavy atom. The molecule has 0 aliphatic rings. The zero-order valence-electron chi connectivity index (χ0n) is 9.34. The van der Waals surface area contributed by atoms with E-state index in [0.29, 0.717) is 0 Å². The predicted octanol–water partition coefficient (Wildman–Crippen LogP) is 3.01. The van der Waals surface area contributed by atoms with Crippen molar-refractivity contribution in [3.8, 4) is 0 Å². The highest BCUT2D eigenvalue weighted by molar-refractivity contribution is 7.09. The maximum Gasteiger partial charge on any atom is 0.122 e. The van der Waals surface area contributed by atoms with Crippen molar-refractivity contribution in [3.63, 3.8) is 0 Å². The molecule has 0 aliphatic carbocycles. The molecule has 0 spiro atoms. The number of aryl methyl sites for hydroxylation is 1. The van der Waals surface area contributed by atoms with Crippen molar-refractivity contribution in [2.45, 2.75) is 13.0 Å². The van der Waals surface area contributed by atoms with E-state index < -0.39 is 6.10 Å². The summed E-state index contributed by atoms with van der Waals surface area (Å²) in [5, 5.41) is 14.3. The van der Waals surface area contributed by atoms with E-state index in [1.165, 1.54) is 0 Å². The van der Waals surface area contributed by atoms with E-state index in [-0.39, 0.29) is 0 Å². The van der Waals surface area contributed by atoms with Crippen LogP contribution in [0.1, 0.15) is 22.4 Å². The fourth-order valence-electron chi connectivity index (χ4n) is 2.01. The van der Waals surface area contributed by atoms with Crippen LogP contribution in [-0.2, 0) is 0 Å². The average Bonchev–Trinajstić information content (AvgIpc) is 2.95. The summed E-state index contributed by atoms with van der Waals surface area (Å²) in [7, 11) is 0. The number of fused-ring (bicyclic) bond motifs is 1. The summed E-state index contributed by atoms with van der Waals surface area (Å²) in [4.78, 5) is 7.48. The fraction of sp³-hybridized carbons (Fsp3) is 0.154. The summed E-state index contributed by atoms with van der Waals surface area (Å²) in [6.45, 7) is 1.94. The first-order valence-corrected chi connectivity index (χ1v) is 6.30. The molecule has 1 aromatic carbocycles. The van der Waals surface area contributed by atoms with E-state index >= 15 is 0 Å². The van der Waals surface area contributed by atoms with E-state index in [1.54, 1.807) is 11.3 Å². The standard InChI is InChI=1S/C13H12N2OS/c1-8-15-12(7-17-8)13(16)10-3-2-4-11-9(10)5-6-14-11/h2-7,13-14,16H,1H3. The molecule has 0 radical (unpaired) electrons. The van der Waals surface area contributed by atoms with Gasteiger partial charge in [-0.05, 0) is 24.6 Å². The van der Waals surface area contributed by atoms with Crippen molar-refractivity contribution in [2.24, 2.45) is 0 Å². The third-order valence-electron chi connectivity index (χ3n) is 2.84. The molecule has 0 fully saturated rings.